The summed E-state index contributed by atoms with van der Waals surface area (Å²) in [5.41, 5.74) is 3.85. The van der Waals surface area contributed by atoms with E-state index >= 15 is 0 Å². The van der Waals surface area contributed by atoms with E-state index in [1.165, 1.54) is 0 Å². The van der Waals surface area contributed by atoms with Gasteiger partial charge in [-0.15, -0.1) is 0 Å². The van der Waals surface area contributed by atoms with Gasteiger partial charge in [0.2, 0.25) is 0 Å². The summed E-state index contributed by atoms with van der Waals surface area (Å²) < 4.78 is 6.98. The first-order valence-electron chi connectivity index (χ1n) is 7.88. The third-order valence-corrected chi connectivity index (χ3v) is 4.03. The molecule has 0 aliphatic rings. The number of anilines is 1. The summed E-state index contributed by atoms with van der Waals surface area (Å²) in [6, 6.07) is 17.2. The number of rotatable bonds is 3. The Morgan fingerprint density at radius 1 is 1.12 bits per heavy atom. The van der Waals surface area contributed by atoms with Crippen LogP contribution >= 0.6 is 0 Å². The Morgan fingerprint density at radius 3 is 2.72 bits per heavy atom. The molecule has 0 bridgehead atoms. The third-order valence-electron chi connectivity index (χ3n) is 4.03. The molecule has 0 saturated heterocycles. The van der Waals surface area contributed by atoms with Crippen LogP contribution in [-0.2, 0) is 7.05 Å². The Kier molecular flexibility index (Phi) is 3.57. The molecule has 0 radical (unpaired) electrons. The van der Waals surface area contributed by atoms with Crippen molar-refractivity contribution < 1.29 is 9.32 Å². The van der Waals surface area contributed by atoms with Crippen LogP contribution < -0.4 is 5.32 Å². The highest BCUT2D eigenvalue weighted by Crippen LogP contribution is 2.25. The van der Waals surface area contributed by atoms with Gasteiger partial charge in [-0.3, -0.25) is 4.79 Å². The fraction of sp³-hybridized carbons (Fsp3) is 0.105. The van der Waals surface area contributed by atoms with Crippen LogP contribution in [-0.4, -0.2) is 20.6 Å². The second-order valence-corrected chi connectivity index (χ2v) is 5.84. The number of amides is 1. The van der Waals surface area contributed by atoms with Crippen molar-refractivity contribution in [3.63, 3.8) is 0 Å². The minimum Gasteiger partial charge on any atom is -0.361 e. The van der Waals surface area contributed by atoms with Gasteiger partial charge in [0.05, 0.1) is 11.0 Å². The minimum absolute atomic E-state index is 0.255. The van der Waals surface area contributed by atoms with E-state index in [1.54, 1.807) is 13.0 Å². The molecule has 6 nitrogen and oxygen atoms in total. The summed E-state index contributed by atoms with van der Waals surface area (Å²) in [4.78, 5) is 16.9. The monoisotopic (exact) mass is 332 g/mol. The lowest BCUT2D eigenvalue weighted by Gasteiger charge is -2.06. The highest BCUT2D eigenvalue weighted by molar-refractivity contribution is 6.03. The number of aryl methyl sites for hydroxylation is 2. The van der Waals surface area contributed by atoms with E-state index < -0.39 is 0 Å². The van der Waals surface area contributed by atoms with Gasteiger partial charge in [0, 0.05) is 24.4 Å². The van der Waals surface area contributed by atoms with E-state index in [9.17, 15) is 4.79 Å². The summed E-state index contributed by atoms with van der Waals surface area (Å²) >= 11 is 0. The molecule has 0 fully saturated rings. The maximum absolute atomic E-state index is 12.2. The Bertz CT molecular complexity index is 1080. The molecule has 1 N–H and O–H groups in total. The molecule has 0 atom stereocenters. The van der Waals surface area contributed by atoms with Crippen LogP contribution in [0.1, 0.15) is 16.2 Å². The number of nitrogens with zero attached hydrogens (tertiary/aromatic N) is 3. The van der Waals surface area contributed by atoms with Crippen LogP contribution in [0.15, 0.2) is 59.1 Å². The van der Waals surface area contributed by atoms with E-state index in [2.05, 4.69) is 15.5 Å². The lowest BCUT2D eigenvalue weighted by molar-refractivity contribution is 0.101. The molecule has 124 valence electrons. The van der Waals surface area contributed by atoms with Crippen LogP contribution in [0.25, 0.3) is 22.4 Å². The smallest absolute Gasteiger partial charge is 0.277 e. The summed E-state index contributed by atoms with van der Waals surface area (Å²) in [6.07, 6.45) is 0. The summed E-state index contributed by atoms with van der Waals surface area (Å²) in [7, 11) is 1.98. The number of carbonyl (C=O) groups is 1. The zero-order chi connectivity index (χ0) is 17.4. The molecular formula is C19H16N4O2. The maximum atomic E-state index is 12.2. The van der Waals surface area contributed by atoms with Gasteiger partial charge in [-0.2, -0.15) is 0 Å². The Hall–Kier alpha value is -3.41. The van der Waals surface area contributed by atoms with Crippen molar-refractivity contribution in [2.45, 2.75) is 6.92 Å². The van der Waals surface area contributed by atoms with Crippen molar-refractivity contribution in [2.24, 2.45) is 7.05 Å². The molecule has 0 aliphatic heterocycles. The van der Waals surface area contributed by atoms with Crippen molar-refractivity contribution in [3.05, 3.63) is 66.1 Å². The Balaban J connectivity index is 1.67. The SMILES string of the molecule is Cc1cc(C(=O)Nc2cccc(-c3nc4ccccc4n3C)c2)no1. The molecule has 4 rings (SSSR count). The number of carbonyl (C=O) groups excluding carboxylic acids is 1. The summed E-state index contributed by atoms with van der Waals surface area (Å²) in [5, 5.41) is 6.57. The normalized spacial score (nSPS) is 11.0. The predicted molar refractivity (Wildman–Crippen MR) is 95.3 cm³/mol. The average Bonchev–Trinajstić information content (AvgIpc) is 3.19. The first-order valence-corrected chi connectivity index (χ1v) is 7.88. The van der Waals surface area contributed by atoms with Gasteiger partial charge in [-0.05, 0) is 31.2 Å². The van der Waals surface area contributed by atoms with Crippen LogP contribution in [0.5, 0.6) is 0 Å². The fourth-order valence-corrected chi connectivity index (χ4v) is 2.81. The zero-order valence-corrected chi connectivity index (χ0v) is 13.9. The number of nitrogens with one attached hydrogen (secondary N) is 1. The topological polar surface area (TPSA) is 73.0 Å². The second-order valence-electron chi connectivity index (χ2n) is 5.84. The molecule has 2 aromatic carbocycles. The van der Waals surface area contributed by atoms with Gasteiger partial charge in [0.1, 0.15) is 11.6 Å². The molecule has 4 aromatic rings. The van der Waals surface area contributed by atoms with Crippen LogP contribution in [0.3, 0.4) is 0 Å². The van der Waals surface area contributed by atoms with Gasteiger partial charge in [-0.25, -0.2) is 4.98 Å². The Morgan fingerprint density at radius 2 is 1.96 bits per heavy atom. The summed E-state index contributed by atoms with van der Waals surface area (Å²) in [6.45, 7) is 1.75. The number of para-hydroxylation sites is 2. The average molecular weight is 332 g/mol. The molecule has 0 saturated carbocycles. The fourth-order valence-electron chi connectivity index (χ4n) is 2.81. The molecule has 25 heavy (non-hydrogen) atoms. The number of fused-ring (bicyclic) bond motifs is 1. The quantitative estimate of drug-likeness (QED) is 0.619. The number of aromatic nitrogens is 3. The number of benzene rings is 2. The molecule has 2 aromatic heterocycles. The standard InChI is InChI=1S/C19H16N4O2/c1-12-10-16(22-25-12)19(24)20-14-7-5-6-13(11-14)18-21-15-8-3-4-9-17(15)23(18)2/h3-11H,1-2H3,(H,20,24). The van der Waals surface area contributed by atoms with Gasteiger partial charge in [0.15, 0.2) is 5.69 Å². The number of hydrogen-bond donors (Lipinski definition) is 1. The summed E-state index contributed by atoms with van der Waals surface area (Å²) in [5.74, 6) is 1.13. The van der Waals surface area contributed by atoms with Gasteiger partial charge in [0.25, 0.3) is 5.91 Å². The number of imidazole rings is 1. The highest BCUT2D eigenvalue weighted by atomic mass is 16.5. The first-order chi connectivity index (χ1) is 12.1. The molecule has 0 unspecified atom stereocenters. The molecular weight excluding hydrogens is 316 g/mol. The lowest BCUT2D eigenvalue weighted by Crippen LogP contribution is -2.12. The largest absolute Gasteiger partial charge is 0.361 e. The van der Waals surface area contributed by atoms with Crippen molar-refractivity contribution in [2.75, 3.05) is 5.32 Å². The van der Waals surface area contributed by atoms with E-state index in [0.29, 0.717) is 11.4 Å². The van der Waals surface area contributed by atoms with E-state index in [1.807, 2.05) is 60.1 Å². The van der Waals surface area contributed by atoms with Crippen LogP contribution in [0.4, 0.5) is 5.69 Å². The third kappa shape index (κ3) is 2.78. The van der Waals surface area contributed by atoms with E-state index in [4.69, 9.17) is 4.52 Å². The molecule has 0 aliphatic carbocycles. The molecule has 6 heteroatoms. The predicted octanol–water partition coefficient (Wildman–Crippen LogP) is 3.79. The van der Waals surface area contributed by atoms with Crippen molar-refractivity contribution >= 4 is 22.6 Å². The van der Waals surface area contributed by atoms with Crippen LogP contribution in [0, 0.1) is 6.92 Å². The molecule has 0 spiro atoms. The molecule has 1 amide bonds. The number of hydrogen-bond acceptors (Lipinski definition) is 4. The van der Waals surface area contributed by atoms with Gasteiger partial charge < -0.3 is 14.4 Å². The second kappa shape index (κ2) is 5.90. The van der Waals surface area contributed by atoms with Gasteiger partial charge in [-0.1, -0.05) is 29.4 Å². The first kappa shape index (κ1) is 15.1. The van der Waals surface area contributed by atoms with Gasteiger partial charge >= 0.3 is 0 Å². The minimum atomic E-state index is -0.306. The van der Waals surface area contributed by atoms with E-state index in [-0.39, 0.29) is 11.6 Å². The van der Waals surface area contributed by atoms with Crippen molar-refractivity contribution in [1.29, 1.82) is 0 Å². The Labute approximate surface area is 144 Å². The lowest BCUT2D eigenvalue weighted by atomic mass is 10.2. The van der Waals surface area contributed by atoms with E-state index in [0.717, 1.165) is 22.4 Å². The van der Waals surface area contributed by atoms with Crippen molar-refractivity contribution in [3.8, 4) is 11.4 Å². The molecule has 2 heterocycles. The van der Waals surface area contributed by atoms with Crippen molar-refractivity contribution in [1.82, 2.24) is 14.7 Å². The van der Waals surface area contributed by atoms with Crippen LogP contribution in [0.2, 0.25) is 0 Å². The maximum Gasteiger partial charge on any atom is 0.277 e. The zero-order valence-electron chi connectivity index (χ0n) is 13.9. The highest BCUT2D eigenvalue weighted by Gasteiger charge is 2.13.